The highest BCUT2D eigenvalue weighted by Crippen LogP contribution is 2.42. The molecule has 0 aromatic heterocycles. The van der Waals surface area contributed by atoms with Gasteiger partial charge in [-0.2, -0.15) is 10.1 Å². The summed E-state index contributed by atoms with van der Waals surface area (Å²) in [5, 5.41) is 24.9. The van der Waals surface area contributed by atoms with Crippen molar-refractivity contribution in [3.63, 3.8) is 0 Å². The summed E-state index contributed by atoms with van der Waals surface area (Å²) in [6.45, 7) is 22.1. The molecule has 2 atom stereocenters. The summed E-state index contributed by atoms with van der Waals surface area (Å²) >= 11 is 0. The third-order valence-electron chi connectivity index (χ3n) is 11.4. The second-order valence-electron chi connectivity index (χ2n) is 18.6. The first-order valence-electron chi connectivity index (χ1n) is 20.3. The number of rotatable bonds is 13. The Morgan fingerprint density at radius 1 is 0.482 bits per heavy atom. The molecule has 4 aromatic rings. The highest BCUT2D eigenvalue weighted by Gasteiger charge is 2.48. The van der Waals surface area contributed by atoms with Gasteiger partial charge in [0.15, 0.2) is 0 Å². The number of benzene rings is 4. The molecule has 0 radical (unpaired) electrons. The predicted octanol–water partition coefficient (Wildman–Crippen LogP) is 10.5. The van der Waals surface area contributed by atoms with E-state index < -0.39 is 0 Å². The number of ether oxygens (including phenoxy) is 2. The molecule has 6 rings (SSSR count). The molecule has 8 nitrogen and oxygen atoms in total. The van der Waals surface area contributed by atoms with Crippen LogP contribution in [0.1, 0.15) is 129 Å². The molecule has 2 N–H and O–H groups in total. The number of aliphatic hydroxyl groups excluding tert-OH is 2. The molecule has 0 saturated carbocycles. The third-order valence-corrected chi connectivity index (χ3v) is 11.4. The summed E-state index contributed by atoms with van der Waals surface area (Å²) in [6.07, 6.45) is 1.80. The van der Waals surface area contributed by atoms with Gasteiger partial charge >= 0.3 is 0 Å². The van der Waals surface area contributed by atoms with Crippen LogP contribution < -0.4 is 9.47 Å². The predicted molar refractivity (Wildman–Crippen MR) is 223 cm³/mol. The molecule has 0 aliphatic carbocycles. The first-order valence-corrected chi connectivity index (χ1v) is 20.3. The number of aliphatic hydroxyl groups is 2. The lowest BCUT2D eigenvalue weighted by Gasteiger charge is -2.53. The van der Waals surface area contributed by atoms with E-state index in [1.54, 1.807) is 0 Å². The normalized spacial score (nSPS) is 21.0. The quantitative estimate of drug-likeness (QED) is 0.139. The molecule has 8 heteroatoms. The van der Waals surface area contributed by atoms with Crippen molar-refractivity contribution in [2.24, 2.45) is 0 Å². The molecule has 2 heterocycles. The molecule has 56 heavy (non-hydrogen) atoms. The van der Waals surface area contributed by atoms with Crippen LogP contribution in [-0.4, -0.2) is 54.7 Å². The Hall–Kier alpha value is -3.76. The van der Waals surface area contributed by atoms with E-state index in [9.17, 15) is 10.2 Å². The van der Waals surface area contributed by atoms with E-state index in [0.29, 0.717) is 38.9 Å². The maximum absolute atomic E-state index is 10.4. The minimum Gasteiger partial charge on any atom is -0.489 e. The van der Waals surface area contributed by atoms with E-state index in [-0.39, 0.29) is 46.6 Å². The number of hydroxylamine groups is 4. The third kappa shape index (κ3) is 10.0. The Labute approximate surface area is 335 Å². The smallest absolute Gasteiger partial charge is 0.119 e. The summed E-state index contributed by atoms with van der Waals surface area (Å²) < 4.78 is 12.3. The van der Waals surface area contributed by atoms with Gasteiger partial charge in [0.1, 0.15) is 36.9 Å². The molecule has 4 aromatic carbocycles. The fourth-order valence-corrected chi connectivity index (χ4v) is 9.02. The first-order chi connectivity index (χ1) is 26.3. The van der Waals surface area contributed by atoms with Crippen LogP contribution in [0.25, 0.3) is 11.1 Å². The summed E-state index contributed by atoms with van der Waals surface area (Å²) in [7, 11) is 0. The second kappa shape index (κ2) is 16.6. The summed E-state index contributed by atoms with van der Waals surface area (Å²) in [6, 6.07) is 33.3. The van der Waals surface area contributed by atoms with Crippen LogP contribution in [-0.2, 0) is 22.9 Å². The zero-order valence-corrected chi connectivity index (χ0v) is 35.2. The zero-order chi connectivity index (χ0) is 40.5. The summed E-state index contributed by atoms with van der Waals surface area (Å²) in [4.78, 5) is 13.0. The number of piperidine rings is 2. The fraction of sp³-hybridized carbons (Fsp3) is 0.500. The van der Waals surface area contributed by atoms with Crippen molar-refractivity contribution in [2.75, 3.05) is 0 Å². The van der Waals surface area contributed by atoms with Crippen molar-refractivity contribution in [1.82, 2.24) is 10.1 Å². The Morgan fingerprint density at radius 2 is 0.768 bits per heavy atom. The fourth-order valence-electron chi connectivity index (χ4n) is 9.02. The molecule has 0 spiro atoms. The lowest BCUT2D eigenvalue weighted by Crippen LogP contribution is -2.61. The minimum absolute atomic E-state index is 0.135. The molecular formula is C48H64N2O6. The van der Waals surface area contributed by atoms with E-state index >= 15 is 0 Å². The van der Waals surface area contributed by atoms with Gasteiger partial charge in [-0.25, -0.2) is 0 Å². The molecule has 0 bridgehead atoms. The average Bonchev–Trinajstić information content (AvgIpc) is 3.12. The topological polar surface area (TPSA) is 83.9 Å². The van der Waals surface area contributed by atoms with Crippen LogP contribution in [0.3, 0.4) is 0 Å². The molecule has 2 aliphatic rings. The van der Waals surface area contributed by atoms with Gasteiger partial charge in [-0.15, -0.1) is 0 Å². The van der Waals surface area contributed by atoms with Gasteiger partial charge in [0.25, 0.3) is 0 Å². The van der Waals surface area contributed by atoms with Crippen LogP contribution >= 0.6 is 0 Å². The minimum atomic E-state index is -0.321. The molecular weight excluding hydrogens is 701 g/mol. The zero-order valence-electron chi connectivity index (χ0n) is 35.2. The van der Waals surface area contributed by atoms with Crippen molar-refractivity contribution in [3.05, 3.63) is 119 Å². The SMILES string of the molecule is CC(ON1C(C)(C)CC(O)CC1(C)C)c1ccc(OCc2ccc(-c3ccc(COc4ccc(C(C)ON5C(C)(C)CC(O)CC5(C)C)cc4)cc3)cc2)cc1. The van der Waals surface area contributed by atoms with Gasteiger partial charge in [-0.05, 0) is 153 Å². The largest absolute Gasteiger partial charge is 0.489 e. The van der Waals surface area contributed by atoms with Gasteiger partial charge in [0.05, 0.1) is 12.2 Å². The van der Waals surface area contributed by atoms with E-state index in [1.807, 2.05) is 24.3 Å². The lowest BCUT2D eigenvalue weighted by atomic mass is 9.80. The average molecular weight is 765 g/mol. The van der Waals surface area contributed by atoms with Crippen molar-refractivity contribution in [1.29, 1.82) is 0 Å². The Kier molecular flexibility index (Phi) is 12.4. The highest BCUT2D eigenvalue weighted by atomic mass is 16.7. The summed E-state index contributed by atoms with van der Waals surface area (Å²) in [5.74, 6) is 1.62. The van der Waals surface area contributed by atoms with Crippen LogP contribution in [0, 0.1) is 0 Å². The van der Waals surface area contributed by atoms with Gasteiger partial charge in [-0.3, -0.25) is 9.68 Å². The van der Waals surface area contributed by atoms with Gasteiger partial charge in [0, 0.05) is 22.2 Å². The molecule has 0 amide bonds. The van der Waals surface area contributed by atoms with E-state index in [1.165, 1.54) is 0 Å². The van der Waals surface area contributed by atoms with Gasteiger partial charge in [-0.1, -0.05) is 72.8 Å². The highest BCUT2D eigenvalue weighted by molar-refractivity contribution is 5.64. The van der Waals surface area contributed by atoms with Crippen molar-refractivity contribution < 1.29 is 29.4 Å². The number of nitrogens with zero attached hydrogens (tertiary/aromatic N) is 2. The van der Waals surface area contributed by atoms with Crippen molar-refractivity contribution in [2.45, 2.75) is 155 Å². The van der Waals surface area contributed by atoms with Crippen LogP contribution in [0.15, 0.2) is 97.1 Å². The number of hydrogen-bond acceptors (Lipinski definition) is 8. The van der Waals surface area contributed by atoms with E-state index in [4.69, 9.17) is 19.1 Å². The van der Waals surface area contributed by atoms with E-state index in [2.05, 4.69) is 152 Å². The monoisotopic (exact) mass is 764 g/mol. The van der Waals surface area contributed by atoms with Crippen LogP contribution in [0.5, 0.6) is 11.5 Å². The van der Waals surface area contributed by atoms with E-state index in [0.717, 1.165) is 44.9 Å². The standard InChI is InChI=1S/C48H64N2O6/c1-33(55-49-45(3,4)27-41(51)28-46(49,5)6)37-19-23-43(24-20-37)53-31-35-11-15-39(16-12-35)40-17-13-36(14-18-40)32-54-44-25-21-38(22-26-44)34(2)56-50-47(7,8)29-42(52)30-48(50,9)10/h11-26,33-34,41-42,51-52H,27-32H2,1-10H3. The maximum Gasteiger partial charge on any atom is 0.119 e. The Bertz CT molecular complexity index is 1690. The Morgan fingerprint density at radius 3 is 1.05 bits per heavy atom. The molecule has 2 unspecified atom stereocenters. The van der Waals surface area contributed by atoms with Crippen molar-refractivity contribution in [3.8, 4) is 22.6 Å². The molecule has 302 valence electrons. The lowest BCUT2D eigenvalue weighted by molar-refractivity contribution is -0.313. The second-order valence-corrected chi connectivity index (χ2v) is 18.6. The van der Waals surface area contributed by atoms with Gasteiger partial charge < -0.3 is 19.7 Å². The summed E-state index contributed by atoms with van der Waals surface area (Å²) in [5.41, 5.74) is 5.57. The Balaban J connectivity index is 0.958. The number of hydrogen-bond donors (Lipinski definition) is 2. The van der Waals surface area contributed by atoms with Gasteiger partial charge in [0.2, 0.25) is 0 Å². The molecule has 2 saturated heterocycles. The molecule has 2 fully saturated rings. The van der Waals surface area contributed by atoms with Crippen molar-refractivity contribution >= 4 is 0 Å². The van der Waals surface area contributed by atoms with Crippen LogP contribution in [0.2, 0.25) is 0 Å². The first kappa shape index (κ1) is 41.9. The van der Waals surface area contributed by atoms with Crippen LogP contribution in [0.4, 0.5) is 0 Å². The molecule has 2 aliphatic heterocycles. The maximum atomic E-state index is 10.4.